The van der Waals surface area contributed by atoms with E-state index in [-0.39, 0.29) is 30.1 Å². The minimum Gasteiger partial charge on any atom is -0.361 e. The summed E-state index contributed by atoms with van der Waals surface area (Å²) in [6.45, 7) is 13.7. The Morgan fingerprint density at radius 3 is 2.32 bits per heavy atom. The molecule has 1 heterocycles. The number of nitrogens with zero attached hydrogens (tertiary/aromatic N) is 3. The van der Waals surface area contributed by atoms with Crippen molar-refractivity contribution in [1.29, 1.82) is 0 Å². The maximum Gasteiger partial charge on any atom is 0.329 e. The summed E-state index contributed by atoms with van der Waals surface area (Å²) in [5, 5.41) is 0. The molecule has 28 heavy (non-hydrogen) atoms. The lowest BCUT2D eigenvalue weighted by Gasteiger charge is -2.41. The van der Waals surface area contributed by atoms with Crippen molar-refractivity contribution in [1.82, 2.24) is 9.80 Å². The van der Waals surface area contributed by atoms with Crippen LogP contribution in [0.1, 0.15) is 46.5 Å². The molecule has 1 aliphatic heterocycles. The SMILES string of the molecule is CC1(CN2C(=O)N(COCC[Si](C)(C)C)C(=O)C2(C)C)CCC(N=C=O)CC1. The highest BCUT2D eigenvalue weighted by atomic mass is 28.3. The molecule has 0 atom stereocenters. The number of carbonyl (C=O) groups is 2. The maximum absolute atomic E-state index is 13.0. The summed E-state index contributed by atoms with van der Waals surface area (Å²) in [7, 11) is -1.22. The van der Waals surface area contributed by atoms with Crippen molar-refractivity contribution >= 4 is 26.1 Å². The lowest BCUT2D eigenvalue weighted by Crippen LogP contribution is -2.49. The van der Waals surface area contributed by atoms with Crippen LogP contribution in [-0.2, 0) is 14.3 Å². The zero-order valence-corrected chi connectivity index (χ0v) is 19.2. The first-order valence-corrected chi connectivity index (χ1v) is 13.9. The van der Waals surface area contributed by atoms with Crippen molar-refractivity contribution in [2.24, 2.45) is 10.4 Å². The van der Waals surface area contributed by atoms with Gasteiger partial charge in [0.2, 0.25) is 6.08 Å². The molecule has 0 aromatic heterocycles. The number of aliphatic imine (C=N–C) groups is 1. The molecule has 2 aliphatic rings. The Morgan fingerprint density at radius 2 is 1.79 bits per heavy atom. The average Bonchev–Trinajstić information content (AvgIpc) is 2.74. The fourth-order valence-electron chi connectivity index (χ4n) is 3.87. The van der Waals surface area contributed by atoms with Gasteiger partial charge in [0.25, 0.3) is 5.91 Å². The third-order valence-electron chi connectivity index (χ3n) is 6.06. The van der Waals surface area contributed by atoms with Crippen LogP contribution in [0.25, 0.3) is 0 Å². The van der Waals surface area contributed by atoms with E-state index in [0.717, 1.165) is 31.7 Å². The molecule has 1 aliphatic carbocycles. The fraction of sp³-hybridized carbons (Fsp3) is 0.850. The van der Waals surface area contributed by atoms with E-state index in [1.165, 1.54) is 4.90 Å². The summed E-state index contributed by atoms with van der Waals surface area (Å²) >= 11 is 0. The van der Waals surface area contributed by atoms with Gasteiger partial charge in [0.05, 0.1) is 6.04 Å². The lowest BCUT2D eigenvalue weighted by molar-refractivity contribution is -0.135. The second-order valence-corrected chi connectivity index (χ2v) is 15.9. The second kappa shape index (κ2) is 8.47. The molecule has 0 bridgehead atoms. The Balaban J connectivity index is 1.99. The number of hydrogen-bond donors (Lipinski definition) is 0. The van der Waals surface area contributed by atoms with Crippen molar-refractivity contribution in [2.75, 3.05) is 19.9 Å². The Labute approximate surface area is 169 Å². The molecule has 0 spiro atoms. The highest BCUT2D eigenvalue weighted by Gasteiger charge is 2.53. The third kappa shape index (κ3) is 5.30. The van der Waals surface area contributed by atoms with E-state index < -0.39 is 13.6 Å². The zero-order chi connectivity index (χ0) is 21.2. The van der Waals surface area contributed by atoms with Gasteiger partial charge >= 0.3 is 6.03 Å². The predicted molar refractivity (Wildman–Crippen MR) is 110 cm³/mol. The van der Waals surface area contributed by atoms with Crippen LogP contribution in [0.3, 0.4) is 0 Å². The monoisotopic (exact) mass is 409 g/mol. The van der Waals surface area contributed by atoms with E-state index in [0.29, 0.717) is 13.2 Å². The molecule has 2 fully saturated rings. The third-order valence-corrected chi connectivity index (χ3v) is 7.76. The van der Waals surface area contributed by atoms with Gasteiger partial charge in [-0.25, -0.2) is 19.5 Å². The number of urea groups is 1. The van der Waals surface area contributed by atoms with E-state index in [4.69, 9.17) is 4.74 Å². The molecule has 0 radical (unpaired) electrons. The van der Waals surface area contributed by atoms with Gasteiger partial charge in [-0.1, -0.05) is 26.6 Å². The zero-order valence-electron chi connectivity index (χ0n) is 18.2. The number of rotatable bonds is 8. The van der Waals surface area contributed by atoms with Crippen LogP contribution in [0.15, 0.2) is 4.99 Å². The average molecular weight is 410 g/mol. The Morgan fingerprint density at radius 1 is 1.18 bits per heavy atom. The van der Waals surface area contributed by atoms with Crippen LogP contribution in [-0.4, -0.2) is 67.4 Å². The number of ether oxygens (including phenoxy) is 1. The maximum atomic E-state index is 13.0. The van der Waals surface area contributed by atoms with Crippen LogP contribution in [0.2, 0.25) is 25.7 Å². The van der Waals surface area contributed by atoms with E-state index >= 15 is 0 Å². The van der Waals surface area contributed by atoms with Gasteiger partial charge in [-0.3, -0.25) is 4.79 Å². The lowest BCUT2D eigenvalue weighted by atomic mass is 9.73. The summed E-state index contributed by atoms with van der Waals surface area (Å²) in [4.78, 5) is 43.1. The van der Waals surface area contributed by atoms with Gasteiger partial charge in [0.15, 0.2) is 0 Å². The van der Waals surface area contributed by atoms with Gasteiger partial charge in [-0.15, -0.1) is 0 Å². The molecular weight excluding hydrogens is 374 g/mol. The number of imide groups is 1. The van der Waals surface area contributed by atoms with Crippen LogP contribution in [0.4, 0.5) is 4.79 Å². The normalized spacial score (nSPS) is 27.9. The van der Waals surface area contributed by atoms with Gasteiger partial charge in [0.1, 0.15) is 12.3 Å². The van der Waals surface area contributed by atoms with E-state index in [9.17, 15) is 14.4 Å². The van der Waals surface area contributed by atoms with Gasteiger partial charge in [0, 0.05) is 21.2 Å². The second-order valence-electron chi connectivity index (χ2n) is 10.3. The smallest absolute Gasteiger partial charge is 0.329 e. The van der Waals surface area contributed by atoms with Gasteiger partial charge < -0.3 is 9.64 Å². The molecule has 0 unspecified atom stereocenters. The van der Waals surface area contributed by atoms with Crippen molar-refractivity contribution in [3.05, 3.63) is 0 Å². The minimum atomic E-state index is -1.22. The molecule has 1 saturated heterocycles. The summed E-state index contributed by atoms with van der Waals surface area (Å²) in [5.74, 6) is -0.201. The van der Waals surface area contributed by atoms with E-state index in [1.807, 2.05) is 0 Å². The van der Waals surface area contributed by atoms with Crippen molar-refractivity contribution in [3.63, 3.8) is 0 Å². The fourth-order valence-corrected chi connectivity index (χ4v) is 4.63. The van der Waals surface area contributed by atoms with Crippen molar-refractivity contribution in [3.8, 4) is 0 Å². The quantitative estimate of drug-likeness (QED) is 0.202. The molecule has 0 N–H and O–H groups in total. The Hall–Kier alpha value is -1.50. The highest BCUT2D eigenvalue weighted by molar-refractivity contribution is 6.76. The number of hydrogen-bond acceptors (Lipinski definition) is 5. The van der Waals surface area contributed by atoms with Crippen LogP contribution in [0.5, 0.6) is 0 Å². The molecule has 1 saturated carbocycles. The first kappa shape index (κ1) is 22.8. The summed E-state index contributed by atoms with van der Waals surface area (Å²) in [6, 6.07) is 0.766. The number of isocyanates is 1. The number of amides is 3. The summed E-state index contributed by atoms with van der Waals surface area (Å²) < 4.78 is 5.68. The van der Waals surface area contributed by atoms with Crippen LogP contribution >= 0.6 is 0 Å². The molecule has 0 aromatic rings. The summed E-state index contributed by atoms with van der Waals surface area (Å²) in [5.41, 5.74) is -0.961. The standard InChI is InChI=1S/C20H35N3O4Si/c1-19(2)17(25)22(15-27-11-12-28(4,5)6)18(26)23(19)13-20(3)9-7-16(8-10-20)21-14-24/h16H,7-13,15H2,1-6H3. The highest BCUT2D eigenvalue weighted by Crippen LogP contribution is 2.40. The first-order valence-electron chi connectivity index (χ1n) is 10.2. The Bertz CT molecular complexity index is 644. The Kier molecular flexibility index (Phi) is 6.89. The predicted octanol–water partition coefficient (Wildman–Crippen LogP) is 3.63. The van der Waals surface area contributed by atoms with Gasteiger partial charge in [-0.05, 0) is 51.0 Å². The first-order chi connectivity index (χ1) is 12.9. The van der Waals surface area contributed by atoms with Gasteiger partial charge in [-0.2, -0.15) is 0 Å². The van der Waals surface area contributed by atoms with Crippen LogP contribution in [0, 0.1) is 5.41 Å². The molecule has 0 aromatic carbocycles. The van der Waals surface area contributed by atoms with Crippen LogP contribution < -0.4 is 0 Å². The van der Waals surface area contributed by atoms with Crippen molar-refractivity contribution in [2.45, 2.75) is 83.7 Å². The largest absolute Gasteiger partial charge is 0.361 e. The molecule has 7 nitrogen and oxygen atoms in total. The van der Waals surface area contributed by atoms with Crippen molar-refractivity contribution < 1.29 is 19.1 Å². The molecule has 3 amide bonds. The number of carbonyl (C=O) groups excluding carboxylic acids is 3. The summed E-state index contributed by atoms with van der Waals surface area (Å²) in [6.07, 6.45) is 5.00. The molecule has 2 rings (SSSR count). The molecule has 158 valence electrons. The topological polar surface area (TPSA) is 79.3 Å². The molecular formula is C20H35N3O4Si. The molecule has 8 heteroatoms. The van der Waals surface area contributed by atoms with E-state index in [1.54, 1.807) is 24.8 Å². The van der Waals surface area contributed by atoms with E-state index in [2.05, 4.69) is 31.6 Å². The minimum absolute atomic E-state index is 0.0227.